The summed E-state index contributed by atoms with van der Waals surface area (Å²) in [5.74, 6) is 0.985. The molecule has 1 amide bonds. The predicted octanol–water partition coefficient (Wildman–Crippen LogP) is 1.71. The molecular formula is C18H22N4O. The van der Waals surface area contributed by atoms with Crippen molar-refractivity contribution >= 4 is 11.7 Å². The molecule has 1 aliphatic rings. The second-order valence-corrected chi connectivity index (χ2v) is 6.19. The van der Waals surface area contributed by atoms with Crippen molar-refractivity contribution < 1.29 is 4.79 Å². The second kappa shape index (κ2) is 6.38. The van der Waals surface area contributed by atoms with Crippen LogP contribution in [0.1, 0.15) is 21.8 Å². The van der Waals surface area contributed by atoms with Crippen molar-refractivity contribution in [1.82, 2.24) is 9.88 Å². The number of benzene rings is 1. The van der Waals surface area contributed by atoms with Crippen LogP contribution in [0.2, 0.25) is 0 Å². The number of likely N-dealkylation sites (tertiary alicyclic amines) is 1. The van der Waals surface area contributed by atoms with Gasteiger partial charge in [0.1, 0.15) is 5.82 Å². The Morgan fingerprint density at radius 2 is 1.96 bits per heavy atom. The van der Waals surface area contributed by atoms with Gasteiger partial charge in [-0.25, -0.2) is 4.98 Å². The Bertz CT molecular complexity index is 686. The molecular weight excluding hydrogens is 288 g/mol. The molecule has 0 saturated carbocycles. The molecule has 5 nitrogen and oxygen atoms in total. The quantitative estimate of drug-likeness (QED) is 0.937. The van der Waals surface area contributed by atoms with Crippen molar-refractivity contribution in [1.29, 1.82) is 0 Å². The van der Waals surface area contributed by atoms with Crippen molar-refractivity contribution in [2.45, 2.75) is 12.0 Å². The standard InChI is InChI=1S/C18H22N4O/c1-21(2)17-10-14(8-9-20-17)18(23)22-11-15(16(19)12-22)13-6-4-3-5-7-13/h3-10,15-16H,11-12,19H2,1-2H3/t15-,16+/m0/s1. The Morgan fingerprint density at radius 3 is 2.65 bits per heavy atom. The number of anilines is 1. The van der Waals surface area contributed by atoms with Crippen LogP contribution < -0.4 is 10.6 Å². The van der Waals surface area contributed by atoms with E-state index >= 15 is 0 Å². The molecule has 2 N–H and O–H groups in total. The van der Waals surface area contributed by atoms with Crippen LogP contribution in [0.5, 0.6) is 0 Å². The minimum absolute atomic E-state index is 0.0179. The Labute approximate surface area is 136 Å². The zero-order valence-corrected chi connectivity index (χ0v) is 13.5. The number of pyridine rings is 1. The van der Waals surface area contributed by atoms with E-state index in [1.54, 1.807) is 12.3 Å². The number of hydrogen-bond acceptors (Lipinski definition) is 4. The summed E-state index contributed by atoms with van der Waals surface area (Å²) in [6, 6.07) is 13.7. The highest BCUT2D eigenvalue weighted by atomic mass is 16.2. The SMILES string of the molecule is CN(C)c1cc(C(=O)N2C[C@@H](N)[C@H](c3ccccc3)C2)ccn1. The number of carbonyl (C=O) groups excluding carboxylic acids is 1. The van der Waals surface area contributed by atoms with Crippen LogP contribution in [0, 0.1) is 0 Å². The summed E-state index contributed by atoms with van der Waals surface area (Å²) >= 11 is 0. The highest BCUT2D eigenvalue weighted by molar-refractivity contribution is 5.95. The summed E-state index contributed by atoms with van der Waals surface area (Å²) in [7, 11) is 3.82. The molecule has 1 aliphatic heterocycles. The summed E-state index contributed by atoms with van der Waals surface area (Å²) in [5.41, 5.74) is 8.13. The minimum atomic E-state index is -0.0310. The number of nitrogens with two attached hydrogens (primary N) is 1. The average molecular weight is 310 g/mol. The average Bonchev–Trinajstić information content (AvgIpc) is 2.97. The van der Waals surface area contributed by atoms with Gasteiger partial charge in [0, 0.05) is 50.9 Å². The van der Waals surface area contributed by atoms with Gasteiger partial charge in [0.2, 0.25) is 0 Å². The Morgan fingerprint density at radius 1 is 1.22 bits per heavy atom. The maximum absolute atomic E-state index is 12.8. The molecule has 2 heterocycles. The minimum Gasteiger partial charge on any atom is -0.363 e. The molecule has 2 aromatic rings. The van der Waals surface area contributed by atoms with Gasteiger partial charge in [-0.15, -0.1) is 0 Å². The lowest BCUT2D eigenvalue weighted by Gasteiger charge is -2.18. The largest absolute Gasteiger partial charge is 0.363 e. The Balaban J connectivity index is 1.78. The first kappa shape index (κ1) is 15.5. The molecule has 0 bridgehead atoms. The number of rotatable bonds is 3. The third kappa shape index (κ3) is 3.19. The van der Waals surface area contributed by atoms with E-state index in [0.29, 0.717) is 18.7 Å². The molecule has 0 radical (unpaired) electrons. The summed E-state index contributed by atoms with van der Waals surface area (Å²) < 4.78 is 0. The zero-order chi connectivity index (χ0) is 16.4. The first-order valence-corrected chi connectivity index (χ1v) is 7.79. The predicted molar refractivity (Wildman–Crippen MR) is 91.6 cm³/mol. The van der Waals surface area contributed by atoms with Crippen LogP contribution in [-0.4, -0.2) is 49.0 Å². The van der Waals surface area contributed by atoms with E-state index in [1.807, 2.05) is 48.2 Å². The maximum atomic E-state index is 12.8. The van der Waals surface area contributed by atoms with Crippen LogP contribution in [0.3, 0.4) is 0 Å². The van der Waals surface area contributed by atoms with E-state index in [9.17, 15) is 4.79 Å². The molecule has 3 rings (SSSR count). The van der Waals surface area contributed by atoms with E-state index in [2.05, 4.69) is 17.1 Å². The third-order valence-corrected chi connectivity index (χ3v) is 4.33. The normalized spacial score (nSPS) is 20.6. The van der Waals surface area contributed by atoms with Gasteiger partial charge in [0.05, 0.1) is 0 Å². The lowest BCUT2D eigenvalue weighted by molar-refractivity contribution is 0.0789. The molecule has 1 aromatic carbocycles. The maximum Gasteiger partial charge on any atom is 0.254 e. The Kier molecular flexibility index (Phi) is 4.30. The highest BCUT2D eigenvalue weighted by Crippen LogP contribution is 2.27. The smallest absolute Gasteiger partial charge is 0.254 e. The number of amides is 1. The van der Waals surface area contributed by atoms with Crippen LogP contribution >= 0.6 is 0 Å². The lowest BCUT2D eigenvalue weighted by Crippen LogP contribution is -2.32. The second-order valence-electron chi connectivity index (χ2n) is 6.19. The van der Waals surface area contributed by atoms with Crippen molar-refractivity contribution in [3.63, 3.8) is 0 Å². The lowest BCUT2D eigenvalue weighted by atomic mass is 9.95. The summed E-state index contributed by atoms with van der Waals surface area (Å²) in [6.07, 6.45) is 1.67. The van der Waals surface area contributed by atoms with Crippen molar-refractivity contribution in [3.8, 4) is 0 Å². The number of nitrogens with zero attached hydrogens (tertiary/aromatic N) is 3. The fraction of sp³-hybridized carbons (Fsp3) is 0.333. The first-order valence-electron chi connectivity index (χ1n) is 7.79. The van der Waals surface area contributed by atoms with Crippen molar-refractivity contribution in [3.05, 3.63) is 59.8 Å². The molecule has 1 saturated heterocycles. The molecule has 0 unspecified atom stereocenters. The van der Waals surface area contributed by atoms with E-state index in [4.69, 9.17) is 5.73 Å². The molecule has 0 spiro atoms. The summed E-state index contributed by atoms with van der Waals surface area (Å²) in [4.78, 5) is 20.8. The fourth-order valence-corrected chi connectivity index (χ4v) is 3.03. The van der Waals surface area contributed by atoms with Gasteiger partial charge >= 0.3 is 0 Å². The van der Waals surface area contributed by atoms with Crippen molar-refractivity contribution in [2.75, 3.05) is 32.1 Å². The van der Waals surface area contributed by atoms with E-state index in [-0.39, 0.29) is 17.9 Å². The van der Waals surface area contributed by atoms with Crippen LogP contribution in [-0.2, 0) is 0 Å². The van der Waals surface area contributed by atoms with Crippen molar-refractivity contribution in [2.24, 2.45) is 5.73 Å². The van der Waals surface area contributed by atoms with Gasteiger partial charge < -0.3 is 15.5 Å². The van der Waals surface area contributed by atoms with Gasteiger partial charge in [-0.05, 0) is 17.7 Å². The molecule has 0 aliphatic carbocycles. The third-order valence-electron chi connectivity index (χ3n) is 4.33. The van der Waals surface area contributed by atoms with Crippen LogP contribution in [0.25, 0.3) is 0 Å². The van der Waals surface area contributed by atoms with Gasteiger partial charge in [-0.1, -0.05) is 30.3 Å². The summed E-state index contributed by atoms with van der Waals surface area (Å²) in [5, 5.41) is 0. The zero-order valence-electron chi connectivity index (χ0n) is 13.5. The number of hydrogen-bond donors (Lipinski definition) is 1. The number of carbonyl (C=O) groups is 1. The van der Waals surface area contributed by atoms with Gasteiger partial charge in [0.15, 0.2) is 0 Å². The van der Waals surface area contributed by atoms with Gasteiger partial charge in [-0.3, -0.25) is 4.79 Å². The van der Waals surface area contributed by atoms with Crippen LogP contribution in [0.15, 0.2) is 48.7 Å². The molecule has 1 fully saturated rings. The Hall–Kier alpha value is -2.40. The number of aromatic nitrogens is 1. The van der Waals surface area contributed by atoms with Crippen LogP contribution in [0.4, 0.5) is 5.82 Å². The van der Waals surface area contributed by atoms with E-state index in [1.165, 1.54) is 5.56 Å². The topological polar surface area (TPSA) is 62.5 Å². The highest BCUT2D eigenvalue weighted by Gasteiger charge is 2.34. The van der Waals surface area contributed by atoms with E-state index in [0.717, 1.165) is 5.82 Å². The monoisotopic (exact) mass is 310 g/mol. The molecule has 5 heteroatoms. The summed E-state index contributed by atoms with van der Waals surface area (Å²) in [6.45, 7) is 1.24. The molecule has 1 aromatic heterocycles. The first-order chi connectivity index (χ1) is 11.1. The molecule has 23 heavy (non-hydrogen) atoms. The fourth-order valence-electron chi connectivity index (χ4n) is 3.03. The van der Waals surface area contributed by atoms with E-state index < -0.39 is 0 Å². The van der Waals surface area contributed by atoms with Gasteiger partial charge in [0.25, 0.3) is 5.91 Å². The molecule has 2 atom stereocenters. The molecule has 120 valence electrons. The van der Waals surface area contributed by atoms with Gasteiger partial charge in [-0.2, -0.15) is 0 Å².